The van der Waals surface area contributed by atoms with Crippen LogP contribution in [0.5, 0.6) is 0 Å². The van der Waals surface area contributed by atoms with Crippen LogP contribution in [-0.4, -0.2) is 11.5 Å². The molecule has 0 saturated heterocycles. The summed E-state index contributed by atoms with van der Waals surface area (Å²) in [6, 6.07) is 7.51. The lowest BCUT2D eigenvalue weighted by molar-refractivity contribution is 0.482. The topological polar surface area (TPSA) is 24.9 Å². The van der Waals surface area contributed by atoms with Gasteiger partial charge in [0.1, 0.15) is 0 Å². The average Bonchev–Trinajstić information content (AvgIpc) is 2.41. The lowest BCUT2D eigenvalue weighted by atomic mass is 9.97. The van der Waals surface area contributed by atoms with Gasteiger partial charge in [-0.15, -0.1) is 0 Å². The van der Waals surface area contributed by atoms with Crippen LogP contribution in [-0.2, 0) is 0 Å². The first-order chi connectivity index (χ1) is 9.15. The van der Waals surface area contributed by atoms with Crippen LogP contribution < -0.4 is 5.32 Å². The largest absolute Gasteiger partial charge is 0.306 e. The van der Waals surface area contributed by atoms with E-state index in [1.807, 2.05) is 19.9 Å². The van der Waals surface area contributed by atoms with Crippen molar-refractivity contribution in [1.29, 1.82) is 0 Å². The summed E-state index contributed by atoms with van der Waals surface area (Å²) in [5.74, 6) is -1.64. The van der Waals surface area contributed by atoms with Crippen LogP contribution in [0.3, 0.4) is 0 Å². The summed E-state index contributed by atoms with van der Waals surface area (Å²) in [5, 5.41) is 3.18. The van der Waals surface area contributed by atoms with E-state index in [9.17, 15) is 8.78 Å². The molecule has 0 fully saturated rings. The molecule has 19 heavy (non-hydrogen) atoms. The second-order valence-corrected chi connectivity index (χ2v) is 4.31. The number of rotatable bonds is 4. The highest BCUT2D eigenvalue weighted by molar-refractivity contribution is 5.34. The minimum atomic E-state index is -0.832. The van der Waals surface area contributed by atoms with Gasteiger partial charge in [0.25, 0.3) is 0 Å². The Balaban J connectivity index is 2.52. The van der Waals surface area contributed by atoms with Crippen molar-refractivity contribution in [2.45, 2.75) is 19.9 Å². The third-order valence-electron chi connectivity index (χ3n) is 3.06. The molecule has 2 nitrogen and oxygen atoms in total. The average molecular weight is 262 g/mol. The molecule has 1 heterocycles. The zero-order valence-electron chi connectivity index (χ0n) is 11.0. The molecule has 1 atom stereocenters. The van der Waals surface area contributed by atoms with Gasteiger partial charge in [0.2, 0.25) is 0 Å². The van der Waals surface area contributed by atoms with Crippen molar-refractivity contribution in [3.63, 3.8) is 0 Å². The smallest absolute Gasteiger partial charge is 0.163 e. The van der Waals surface area contributed by atoms with Gasteiger partial charge in [0.05, 0.1) is 6.04 Å². The molecule has 0 aliphatic rings. The number of aryl methyl sites for hydroxylation is 1. The number of aromatic nitrogens is 1. The Kier molecular flexibility index (Phi) is 4.22. The van der Waals surface area contributed by atoms with E-state index >= 15 is 0 Å². The number of hydrogen-bond acceptors (Lipinski definition) is 2. The SMILES string of the molecule is CCNC(c1cccnc1C)c1cccc(F)c1F. The second-order valence-electron chi connectivity index (χ2n) is 4.31. The number of pyridine rings is 1. The van der Waals surface area contributed by atoms with Crippen LogP contribution in [0, 0.1) is 18.6 Å². The molecule has 1 aromatic heterocycles. The van der Waals surface area contributed by atoms with E-state index in [4.69, 9.17) is 0 Å². The molecule has 0 radical (unpaired) electrons. The molecule has 1 N–H and O–H groups in total. The third-order valence-corrected chi connectivity index (χ3v) is 3.06. The Labute approximate surface area is 111 Å². The Bertz CT molecular complexity index is 570. The first-order valence-electron chi connectivity index (χ1n) is 6.24. The van der Waals surface area contributed by atoms with Gasteiger partial charge in [-0.25, -0.2) is 8.78 Å². The van der Waals surface area contributed by atoms with E-state index in [1.165, 1.54) is 6.07 Å². The molecule has 2 rings (SSSR count). The van der Waals surface area contributed by atoms with Gasteiger partial charge in [-0.05, 0) is 31.2 Å². The van der Waals surface area contributed by atoms with Gasteiger partial charge in [-0.1, -0.05) is 25.1 Å². The number of hydrogen-bond donors (Lipinski definition) is 1. The van der Waals surface area contributed by atoms with Crippen molar-refractivity contribution in [2.75, 3.05) is 6.54 Å². The van der Waals surface area contributed by atoms with E-state index in [-0.39, 0.29) is 0 Å². The molecule has 1 unspecified atom stereocenters. The molecule has 1 aromatic carbocycles. The normalized spacial score (nSPS) is 12.4. The highest BCUT2D eigenvalue weighted by atomic mass is 19.2. The summed E-state index contributed by atoms with van der Waals surface area (Å²) >= 11 is 0. The standard InChI is InChI=1S/C15H16F2N2/c1-3-18-15(11-7-5-9-19-10(11)2)12-6-4-8-13(16)14(12)17/h4-9,15,18H,3H2,1-2H3. The number of nitrogens with zero attached hydrogens (tertiary/aromatic N) is 1. The molecule has 100 valence electrons. The summed E-state index contributed by atoms with van der Waals surface area (Å²) < 4.78 is 27.3. The van der Waals surface area contributed by atoms with Gasteiger partial charge < -0.3 is 5.32 Å². The van der Waals surface area contributed by atoms with E-state index in [1.54, 1.807) is 18.3 Å². The molecule has 0 amide bonds. The summed E-state index contributed by atoms with van der Waals surface area (Å²) in [6.07, 6.45) is 1.68. The zero-order valence-corrected chi connectivity index (χ0v) is 11.0. The molecule has 2 aromatic rings. The van der Waals surface area contributed by atoms with Crippen LogP contribution in [0.15, 0.2) is 36.5 Å². The summed E-state index contributed by atoms with van der Waals surface area (Å²) in [4.78, 5) is 4.20. The van der Waals surface area contributed by atoms with E-state index in [0.29, 0.717) is 12.1 Å². The summed E-state index contributed by atoms with van der Waals surface area (Å²) in [6.45, 7) is 4.43. The van der Waals surface area contributed by atoms with Crippen LogP contribution >= 0.6 is 0 Å². The first kappa shape index (κ1) is 13.6. The van der Waals surface area contributed by atoms with E-state index in [0.717, 1.165) is 17.3 Å². The van der Waals surface area contributed by atoms with Crippen molar-refractivity contribution in [1.82, 2.24) is 10.3 Å². The van der Waals surface area contributed by atoms with Crippen molar-refractivity contribution in [3.05, 3.63) is 65.0 Å². The van der Waals surface area contributed by atoms with Crippen molar-refractivity contribution in [3.8, 4) is 0 Å². The maximum Gasteiger partial charge on any atom is 0.163 e. The highest BCUT2D eigenvalue weighted by Crippen LogP contribution is 2.26. The zero-order chi connectivity index (χ0) is 13.8. The summed E-state index contributed by atoms with van der Waals surface area (Å²) in [5.41, 5.74) is 1.96. The van der Waals surface area contributed by atoms with E-state index < -0.39 is 17.7 Å². The maximum absolute atomic E-state index is 14.0. The quantitative estimate of drug-likeness (QED) is 0.913. The van der Waals surface area contributed by atoms with Gasteiger partial charge in [0, 0.05) is 17.5 Å². The molecular weight excluding hydrogens is 246 g/mol. The van der Waals surface area contributed by atoms with Gasteiger partial charge >= 0.3 is 0 Å². The lowest BCUT2D eigenvalue weighted by Crippen LogP contribution is -2.24. The number of benzene rings is 1. The predicted molar refractivity (Wildman–Crippen MR) is 70.9 cm³/mol. The Morgan fingerprint density at radius 3 is 2.58 bits per heavy atom. The molecular formula is C15H16F2N2. The second kappa shape index (κ2) is 5.89. The van der Waals surface area contributed by atoms with Gasteiger partial charge in [-0.3, -0.25) is 4.98 Å². The van der Waals surface area contributed by atoms with Crippen LogP contribution in [0.1, 0.15) is 29.8 Å². The summed E-state index contributed by atoms with van der Waals surface area (Å²) in [7, 11) is 0. The maximum atomic E-state index is 14.0. The lowest BCUT2D eigenvalue weighted by Gasteiger charge is -2.21. The molecule has 4 heteroatoms. The fourth-order valence-electron chi connectivity index (χ4n) is 2.14. The van der Waals surface area contributed by atoms with Crippen molar-refractivity contribution < 1.29 is 8.78 Å². The van der Waals surface area contributed by atoms with Gasteiger partial charge in [-0.2, -0.15) is 0 Å². The monoisotopic (exact) mass is 262 g/mol. The van der Waals surface area contributed by atoms with Crippen LogP contribution in [0.2, 0.25) is 0 Å². The fourth-order valence-corrected chi connectivity index (χ4v) is 2.14. The molecule has 0 spiro atoms. The molecule has 0 saturated carbocycles. The molecule has 0 bridgehead atoms. The van der Waals surface area contributed by atoms with Crippen LogP contribution in [0.25, 0.3) is 0 Å². The Hall–Kier alpha value is -1.81. The van der Waals surface area contributed by atoms with Crippen molar-refractivity contribution in [2.24, 2.45) is 0 Å². The first-order valence-corrected chi connectivity index (χ1v) is 6.24. The Morgan fingerprint density at radius 1 is 1.16 bits per heavy atom. The third kappa shape index (κ3) is 2.79. The fraction of sp³-hybridized carbons (Fsp3) is 0.267. The van der Waals surface area contributed by atoms with Crippen molar-refractivity contribution >= 4 is 0 Å². The molecule has 0 aliphatic heterocycles. The minimum Gasteiger partial charge on any atom is -0.306 e. The van der Waals surface area contributed by atoms with E-state index in [2.05, 4.69) is 10.3 Å². The number of nitrogens with one attached hydrogen (secondary N) is 1. The Morgan fingerprint density at radius 2 is 1.89 bits per heavy atom. The van der Waals surface area contributed by atoms with Gasteiger partial charge in [0.15, 0.2) is 11.6 Å². The minimum absolute atomic E-state index is 0.304. The number of halogens is 2. The predicted octanol–water partition coefficient (Wildman–Crippen LogP) is 3.37. The van der Waals surface area contributed by atoms with Crippen LogP contribution in [0.4, 0.5) is 8.78 Å². The molecule has 0 aliphatic carbocycles. The highest BCUT2D eigenvalue weighted by Gasteiger charge is 2.20.